The molecule has 0 spiro atoms. The summed E-state index contributed by atoms with van der Waals surface area (Å²) in [6, 6.07) is 29.5. The van der Waals surface area contributed by atoms with Gasteiger partial charge in [0, 0.05) is 6.42 Å². The SMILES string of the molecule is COc1ccc(C2=NN(c3ccccc3)C(Cc3ccccc3)C2)cc1. The average Bonchev–Trinajstić information content (AvgIpc) is 3.13. The molecule has 3 heteroatoms. The Kier molecular flexibility index (Phi) is 4.69. The average molecular weight is 342 g/mol. The predicted molar refractivity (Wildman–Crippen MR) is 107 cm³/mol. The predicted octanol–water partition coefficient (Wildman–Crippen LogP) is 4.92. The van der Waals surface area contributed by atoms with Gasteiger partial charge in [-0.15, -0.1) is 0 Å². The van der Waals surface area contributed by atoms with E-state index in [1.807, 2.05) is 18.2 Å². The quantitative estimate of drug-likeness (QED) is 0.657. The van der Waals surface area contributed by atoms with E-state index in [0.29, 0.717) is 6.04 Å². The number of anilines is 1. The molecule has 0 saturated heterocycles. The highest BCUT2D eigenvalue weighted by atomic mass is 16.5. The number of ether oxygens (including phenoxy) is 1. The molecule has 1 atom stereocenters. The van der Waals surface area contributed by atoms with Gasteiger partial charge in [0.1, 0.15) is 5.75 Å². The van der Waals surface area contributed by atoms with Crippen molar-refractivity contribution in [2.45, 2.75) is 18.9 Å². The van der Waals surface area contributed by atoms with Gasteiger partial charge in [-0.2, -0.15) is 5.10 Å². The Bertz CT molecular complexity index is 873. The minimum absolute atomic E-state index is 0.317. The zero-order valence-corrected chi connectivity index (χ0v) is 14.9. The Morgan fingerprint density at radius 1 is 0.885 bits per heavy atom. The van der Waals surface area contributed by atoms with Crippen LogP contribution in [0.3, 0.4) is 0 Å². The minimum Gasteiger partial charge on any atom is -0.497 e. The van der Waals surface area contributed by atoms with Gasteiger partial charge < -0.3 is 4.74 Å². The Morgan fingerprint density at radius 3 is 2.19 bits per heavy atom. The van der Waals surface area contributed by atoms with Gasteiger partial charge in [0.2, 0.25) is 0 Å². The van der Waals surface area contributed by atoms with Crippen LogP contribution in [-0.4, -0.2) is 18.9 Å². The van der Waals surface area contributed by atoms with Crippen LogP contribution < -0.4 is 9.75 Å². The molecule has 0 radical (unpaired) electrons. The third kappa shape index (κ3) is 3.47. The second-order valence-corrected chi connectivity index (χ2v) is 6.50. The molecule has 1 unspecified atom stereocenters. The van der Waals surface area contributed by atoms with E-state index in [4.69, 9.17) is 9.84 Å². The highest BCUT2D eigenvalue weighted by molar-refractivity contribution is 6.03. The van der Waals surface area contributed by atoms with Crippen LogP contribution in [0.5, 0.6) is 5.75 Å². The van der Waals surface area contributed by atoms with Crippen LogP contribution in [-0.2, 0) is 6.42 Å². The lowest BCUT2D eigenvalue weighted by molar-refractivity contribution is 0.415. The highest BCUT2D eigenvalue weighted by Crippen LogP contribution is 2.29. The van der Waals surface area contributed by atoms with Crippen molar-refractivity contribution in [1.82, 2.24) is 0 Å². The maximum atomic E-state index is 5.27. The lowest BCUT2D eigenvalue weighted by Gasteiger charge is -2.23. The normalized spacial score (nSPS) is 16.4. The van der Waals surface area contributed by atoms with E-state index in [1.165, 1.54) is 5.56 Å². The molecular formula is C23H22N2O. The second kappa shape index (κ2) is 7.44. The molecule has 26 heavy (non-hydrogen) atoms. The summed E-state index contributed by atoms with van der Waals surface area (Å²) in [4.78, 5) is 0. The lowest BCUT2D eigenvalue weighted by Crippen LogP contribution is -2.28. The van der Waals surface area contributed by atoms with Crippen LogP contribution in [0, 0.1) is 0 Å². The number of hydrogen-bond acceptors (Lipinski definition) is 3. The van der Waals surface area contributed by atoms with Gasteiger partial charge in [0.15, 0.2) is 0 Å². The second-order valence-electron chi connectivity index (χ2n) is 6.50. The summed E-state index contributed by atoms with van der Waals surface area (Å²) >= 11 is 0. The molecule has 3 aromatic carbocycles. The Labute approximate surface area is 154 Å². The molecule has 4 rings (SSSR count). The molecule has 0 fully saturated rings. The number of hydrogen-bond donors (Lipinski definition) is 0. The molecule has 1 aliphatic rings. The fraction of sp³-hybridized carbons (Fsp3) is 0.174. The molecule has 0 saturated carbocycles. The van der Waals surface area contributed by atoms with E-state index in [9.17, 15) is 0 Å². The highest BCUT2D eigenvalue weighted by Gasteiger charge is 2.28. The van der Waals surface area contributed by atoms with E-state index in [1.54, 1.807) is 7.11 Å². The number of nitrogens with zero attached hydrogens (tertiary/aromatic N) is 2. The third-order valence-electron chi connectivity index (χ3n) is 4.76. The Morgan fingerprint density at radius 2 is 1.54 bits per heavy atom. The zero-order valence-electron chi connectivity index (χ0n) is 14.9. The summed E-state index contributed by atoms with van der Waals surface area (Å²) in [5.74, 6) is 0.869. The number of hydrazone groups is 1. The number of methoxy groups -OCH3 is 1. The summed E-state index contributed by atoms with van der Waals surface area (Å²) in [6.07, 6.45) is 1.90. The first-order valence-corrected chi connectivity index (χ1v) is 8.93. The molecule has 130 valence electrons. The first-order chi connectivity index (χ1) is 12.8. The minimum atomic E-state index is 0.317. The van der Waals surface area contributed by atoms with Gasteiger partial charge in [-0.3, -0.25) is 5.01 Å². The first-order valence-electron chi connectivity index (χ1n) is 8.93. The largest absolute Gasteiger partial charge is 0.497 e. The summed E-state index contributed by atoms with van der Waals surface area (Å²) in [5.41, 5.74) is 4.75. The summed E-state index contributed by atoms with van der Waals surface area (Å²) in [6.45, 7) is 0. The van der Waals surface area contributed by atoms with Crippen molar-refractivity contribution in [2.24, 2.45) is 5.10 Å². The van der Waals surface area contributed by atoms with Gasteiger partial charge >= 0.3 is 0 Å². The monoisotopic (exact) mass is 342 g/mol. The Hall–Kier alpha value is -3.07. The molecule has 0 aromatic heterocycles. The van der Waals surface area contributed by atoms with Crippen LogP contribution >= 0.6 is 0 Å². The molecule has 1 aliphatic heterocycles. The van der Waals surface area contributed by atoms with Crippen molar-refractivity contribution in [1.29, 1.82) is 0 Å². The molecule has 0 N–H and O–H groups in total. The van der Waals surface area contributed by atoms with E-state index in [0.717, 1.165) is 35.6 Å². The van der Waals surface area contributed by atoms with E-state index in [2.05, 4.69) is 71.7 Å². The number of rotatable bonds is 5. The standard InChI is InChI=1S/C23H22N2O/c1-26-22-14-12-19(13-15-22)23-17-21(16-18-8-4-2-5-9-18)25(24-23)20-10-6-3-7-11-20/h2-15,21H,16-17H2,1H3. The summed E-state index contributed by atoms with van der Waals surface area (Å²) in [7, 11) is 1.69. The molecule has 0 aliphatic carbocycles. The van der Waals surface area contributed by atoms with Crippen molar-refractivity contribution in [3.05, 3.63) is 96.1 Å². The van der Waals surface area contributed by atoms with Crippen molar-refractivity contribution >= 4 is 11.4 Å². The molecular weight excluding hydrogens is 320 g/mol. The van der Waals surface area contributed by atoms with Crippen LogP contribution in [0.2, 0.25) is 0 Å². The fourth-order valence-electron chi connectivity index (χ4n) is 3.42. The van der Waals surface area contributed by atoms with E-state index in [-0.39, 0.29) is 0 Å². The van der Waals surface area contributed by atoms with Crippen molar-refractivity contribution in [2.75, 3.05) is 12.1 Å². The van der Waals surface area contributed by atoms with Gasteiger partial charge in [0.05, 0.1) is 24.6 Å². The van der Waals surface area contributed by atoms with Crippen LogP contribution in [0.4, 0.5) is 5.69 Å². The van der Waals surface area contributed by atoms with Gasteiger partial charge in [-0.25, -0.2) is 0 Å². The van der Waals surface area contributed by atoms with Crippen LogP contribution in [0.15, 0.2) is 90.0 Å². The topological polar surface area (TPSA) is 24.8 Å². The molecule has 3 aromatic rings. The summed E-state index contributed by atoms with van der Waals surface area (Å²) in [5, 5.41) is 7.14. The van der Waals surface area contributed by atoms with Gasteiger partial charge in [-0.1, -0.05) is 48.5 Å². The van der Waals surface area contributed by atoms with Crippen LogP contribution in [0.25, 0.3) is 0 Å². The van der Waals surface area contributed by atoms with Crippen molar-refractivity contribution < 1.29 is 4.74 Å². The zero-order chi connectivity index (χ0) is 17.8. The van der Waals surface area contributed by atoms with Crippen molar-refractivity contribution in [3.63, 3.8) is 0 Å². The van der Waals surface area contributed by atoms with Crippen LogP contribution in [0.1, 0.15) is 17.5 Å². The smallest absolute Gasteiger partial charge is 0.118 e. The van der Waals surface area contributed by atoms with Gasteiger partial charge in [0.25, 0.3) is 0 Å². The third-order valence-corrected chi connectivity index (χ3v) is 4.76. The summed E-state index contributed by atoms with van der Waals surface area (Å²) < 4.78 is 5.27. The lowest BCUT2D eigenvalue weighted by atomic mass is 9.98. The first kappa shape index (κ1) is 16.4. The molecule has 0 bridgehead atoms. The molecule has 0 amide bonds. The maximum Gasteiger partial charge on any atom is 0.118 e. The fourth-order valence-corrected chi connectivity index (χ4v) is 3.42. The molecule has 1 heterocycles. The maximum absolute atomic E-state index is 5.27. The molecule has 3 nitrogen and oxygen atoms in total. The Balaban J connectivity index is 1.63. The van der Waals surface area contributed by atoms with Gasteiger partial charge in [-0.05, 0) is 53.9 Å². The number of para-hydroxylation sites is 1. The number of benzene rings is 3. The van der Waals surface area contributed by atoms with E-state index >= 15 is 0 Å². The van der Waals surface area contributed by atoms with E-state index < -0.39 is 0 Å². The van der Waals surface area contributed by atoms with Crippen molar-refractivity contribution in [3.8, 4) is 5.75 Å².